The van der Waals surface area contributed by atoms with E-state index in [1.165, 1.54) is 25.7 Å². The van der Waals surface area contributed by atoms with Crippen LogP contribution in [0.3, 0.4) is 0 Å². The maximum atomic E-state index is 6.24. The van der Waals surface area contributed by atoms with Crippen LogP contribution in [-0.4, -0.2) is 13.1 Å². The summed E-state index contributed by atoms with van der Waals surface area (Å²) in [5.41, 5.74) is 7.85. The zero-order valence-electron chi connectivity index (χ0n) is 10.5. The number of nitrogens with two attached hydrogens (primary N) is 1. The van der Waals surface area contributed by atoms with Gasteiger partial charge in [-0.2, -0.15) is 0 Å². The molecule has 1 aromatic carbocycles. The number of benzene rings is 1. The molecule has 0 radical (unpaired) electrons. The third kappa shape index (κ3) is 2.86. The first-order chi connectivity index (χ1) is 8.22. The Bertz CT molecular complexity index is 350. The molecule has 1 aliphatic heterocycles. The molecule has 1 fully saturated rings. The number of hydrogen-bond donors (Lipinski definition) is 1. The van der Waals surface area contributed by atoms with Gasteiger partial charge >= 0.3 is 0 Å². The Kier molecular flexibility index (Phi) is 4.16. The number of anilines is 2. The minimum absolute atomic E-state index is 0.777. The van der Waals surface area contributed by atoms with E-state index in [2.05, 4.69) is 11.8 Å². The molecule has 17 heavy (non-hydrogen) atoms. The van der Waals surface area contributed by atoms with Gasteiger partial charge in [0.05, 0.1) is 16.4 Å². The average molecular weight is 253 g/mol. The second kappa shape index (κ2) is 5.63. The van der Waals surface area contributed by atoms with Crippen LogP contribution in [0.25, 0.3) is 0 Å². The van der Waals surface area contributed by atoms with Crippen LogP contribution in [0.1, 0.15) is 32.6 Å². The zero-order chi connectivity index (χ0) is 12.3. The van der Waals surface area contributed by atoms with Gasteiger partial charge in [-0.3, -0.25) is 0 Å². The number of piperidine rings is 1. The minimum atomic E-state index is 0.777. The van der Waals surface area contributed by atoms with E-state index in [1.807, 2.05) is 18.2 Å². The van der Waals surface area contributed by atoms with Crippen LogP contribution in [0.4, 0.5) is 11.4 Å². The Morgan fingerprint density at radius 3 is 2.65 bits per heavy atom. The maximum Gasteiger partial charge on any atom is 0.0789 e. The highest BCUT2D eigenvalue weighted by molar-refractivity contribution is 6.34. The summed E-state index contributed by atoms with van der Waals surface area (Å²) in [6.07, 6.45) is 5.17. The van der Waals surface area contributed by atoms with Crippen molar-refractivity contribution < 1.29 is 0 Å². The van der Waals surface area contributed by atoms with Crippen LogP contribution in [0, 0.1) is 5.92 Å². The van der Waals surface area contributed by atoms with E-state index in [-0.39, 0.29) is 0 Å². The highest BCUT2D eigenvalue weighted by Crippen LogP contribution is 2.35. The van der Waals surface area contributed by atoms with E-state index in [0.29, 0.717) is 0 Å². The first-order valence-electron chi connectivity index (χ1n) is 6.51. The molecule has 94 valence electrons. The van der Waals surface area contributed by atoms with E-state index in [1.54, 1.807) is 0 Å². The van der Waals surface area contributed by atoms with Crippen LogP contribution in [0.15, 0.2) is 18.2 Å². The highest BCUT2D eigenvalue weighted by atomic mass is 35.5. The van der Waals surface area contributed by atoms with Crippen molar-refractivity contribution in [2.45, 2.75) is 32.6 Å². The fourth-order valence-electron chi connectivity index (χ4n) is 2.72. The summed E-state index contributed by atoms with van der Waals surface area (Å²) in [5.74, 6) is 0.889. The fourth-order valence-corrected chi connectivity index (χ4v) is 3.02. The molecule has 1 saturated heterocycles. The predicted octanol–water partition coefficient (Wildman–Crippen LogP) is 3.94. The van der Waals surface area contributed by atoms with Gasteiger partial charge in [0.15, 0.2) is 0 Å². The minimum Gasteiger partial charge on any atom is -0.397 e. The Hall–Kier alpha value is -0.890. The van der Waals surface area contributed by atoms with Crippen molar-refractivity contribution in [3.8, 4) is 0 Å². The van der Waals surface area contributed by atoms with Gasteiger partial charge in [0.25, 0.3) is 0 Å². The second-order valence-electron chi connectivity index (χ2n) is 4.90. The molecular weight excluding hydrogens is 232 g/mol. The third-order valence-electron chi connectivity index (χ3n) is 3.65. The SMILES string of the molecule is CCCC1CCN(c2c(N)cccc2Cl)CC1. The molecule has 2 N–H and O–H groups in total. The standard InChI is InChI=1S/C14H21ClN2/c1-2-4-11-7-9-17(10-8-11)14-12(15)5-3-6-13(14)16/h3,5-6,11H,2,4,7-10,16H2,1H3. The molecule has 1 aromatic rings. The van der Waals surface area contributed by atoms with Gasteiger partial charge in [-0.05, 0) is 30.9 Å². The van der Waals surface area contributed by atoms with Crippen molar-refractivity contribution in [1.29, 1.82) is 0 Å². The first-order valence-corrected chi connectivity index (χ1v) is 6.89. The number of rotatable bonds is 3. The monoisotopic (exact) mass is 252 g/mol. The van der Waals surface area contributed by atoms with Crippen LogP contribution < -0.4 is 10.6 Å². The van der Waals surface area contributed by atoms with Crippen LogP contribution in [0.5, 0.6) is 0 Å². The lowest BCUT2D eigenvalue weighted by Crippen LogP contribution is -2.34. The summed E-state index contributed by atoms with van der Waals surface area (Å²) in [5, 5.41) is 0.777. The lowest BCUT2D eigenvalue weighted by Gasteiger charge is -2.34. The van der Waals surface area contributed by atoms with Gasteiger partial charge in [0.1, 0.15) is 0 Å². The Morgan fingerprint density at radius 1 is 1.35 bits per heavy atom. The fraction of sp³-hybridized carbons (Fsp3) is 0.571. The Labute approximate surface area is 109 Å². The van der Waals surface area contributed by atoms with Crippen molar-refractivity contribution in [3.63, 3.8) is 0 Å². The van der Waals surface area contributed by atoms with E-state index in [9.17, 15) is 0 Å². The summed E-state index contributed by atoms with van der Waals surface area (Å²) in [7, 11) is 0. The molecule has 0 atom stereocenters. The molecule has 0 amide bonds. The number of halogens is 1. The molecule has 3 heteroatoms. The van der Waals surface area contributed by atoms with Crippen molar-refractivity contribution >= 4 is 23.0 Å². The third-order valence-corrected chi connectivity index (χ3v) is 3.95. The quantitative estimate of drug-likeness (QED) is 0.826. The largest absolute Gasteiger partial charge is 0.397 e. The van der Waals surface area contributed by atoms with Gasteiger partial charge in [-0.15, -0.1) is 0 Å². The topological polar surface area (TPSA) is 29.3 Å². The van der Waals surface area contributed by atoms with Gasteiger partial charge in [0, 0.05) is 13.1 Å². The van der Waals surface area contributed by atoms with Gasteiger partial charge in [-0.1, -0.05) is 37.4 Å². The molecular formula is C14H21ClN2. The maximum absolute atomic E-state index is 6.24. The average Bonchev–Trinajstić information content (AvgIpc) is 2.31. The molecule has 2 rings (SSSR count). The summed E-state index contributed by atoms with van der Waals surface area (Å²) < 4.78 is 0. The molecule has 0 aliphatic carbocycles. The molecule has 0 bridgehead atoms. The van der Waals surface area contributed by atoms with Crippen LogP contribution >= 0.6 is 11.6 Å². The Morgan fingerprint density at radius 2 is 2.06 bits per heavy atom. The molecule has 1 heterocycles. The molecule has 0 aromatic heterocycles. The van der Waals surface area contributed by atoms with E-state index < -0.39 is 0 Å². The molecule has 0 saturated carbocycles. The number of nitrogens with zero attached hydrogens (tertiary/aromatic N) is 1. The second-order valence-corrected chi connectivity index (χ2v) is 5.30. The Balaban J connectivity index is 2.05. The number of nitrogen functional groups attached to an aromatic ring is 1. The lowest BCUT2D eigenvalue weighted by molar-refractivity contribution is 0.378. The summed E-state index contributed by atoms with van der Waals surface area (Å²) in [6.45, 7) is 4.43. The van der Waals surface area contributed by atoms with Crippen LogP contribution in [0.2, 0.25) is 5.02 Å². The molecule has 1 aliphatic rings. The number of hydrogen-bond acceptors (Lipinski definition) is 2. The van der Waals surface area contributed by atoms with Gasteiger partial charge < -0.3 is 10.6 Å². The molecule has 0 spiro atoms. The molecule has 2 nitrogen and oxygen atoms in total. The summed E-state index contributed by atoms with van der Waals surface area (Å²) in [6, 6.07) is 5.76. The normalized spacial score (nSPS) is 17.4. The van der Waals surface area contributed by atoms with Crippen molar-refractivity contribution in [2.75, 3.05) is 23.7 Å². The summed E-state index contributed by atoms with van der Waals surface area (Å²) in [4.78, 5) is 2.34. The van der Waals surface area contributed by atoms with Gasteiger partial charge in [-0.25, -0.2) is 0 Å². The smallest absolute Gasteiger partial charge is 0.0789 e. The molecule has 0 unspecified atom stereocenters. The van der Waals surface area contributed by atoms with Crippen molar-refractivity contribution in [3.05, 3.63) is 23.2 Å². The lowest BCUT2D eigenvalue weighted by atomic mass is 9.92. The van der Waals surface area contributed by atoms with E-state index in [0.717, 1.165) is 35.4 Å². The summed E-state index contributed by atoms with van der Waals surface area (Å²) >= 11 is 6.24. The van der Waals surface area contributed by atoms with E-state index in [4.69, 9.17) is 17.3 Å². The number of para-hydroxylation sites is 1. The van der Waals surface area contributed by atoms with E-state index >= 15 is 0 Å². The highest BCUT2D eigenvalue weighted by Gasteiger charge is 2.21. The van der Waals surface area contributed by atoms with Crippen molar-refractivity contribution in [2.24, 2.45) is 5.92 Å². The van der Waals surface area contributed by atoms with Crippen LogP contribution in [-0.2, 0) is 0 Å². The zero-order valence-corrected chi connectivity index (χ0v) is 11.2. The first kappa shape index (κ1) is 12.6. The predicted molar refractivity (Wildman–Crippen MR) is 75.7 cm³/mol. The van der Waals surface area contributed by atoms with Gasteiger partial charge in [0.2, 0.25) is 0 Å². The van der Waals surface area contributed by atoms with Crippen molar-refractivity contribution in [1.82, 2.24) is 0 Å².